The summed E-state index contributed by atoms with van der Waals surface area (Å²) < 4.78 is 0. The molecule has 66 valence electrons. The first-order chi connectivity index (χ1) is 5.34. The normalized spacial score (nSPS) is 36.3. The average Bonchev–Trinajstić information content (AvgIpc) is 2.35. The van der Waals surface area contributed by atoms with Gasteiger partial charge in [0.25, 0.3) is 0 Å². The van der Waals surface area contributed by atoms with E-state index < -0.39 is 0 Å². The van der Waals surface area contributed by atoms with E-state index in [1.165, 1.54) is 39.4 Å². The van der Waals surface area contributed by atoms with E-state index in [0.29, 0.717) is 0 Å². The molecule has 1 aliphatic carbocycles. The summed E-state index contributed by atoms with van der Waals surface area (Å²) in [6.07, 6.45) is 4.55. The van der Waals surface area contributed by atoms with Crippen LogP contribution in [0.3, 0.4) is 0 Å². The summed E-state index contributed by atoms with van der Waals surface area (Å²) in [4.78, 5) is 2.49. The van der Waals surface area contributed by atoms with E-state index >= 15 is 0 Å². The first kappa shape index (κ1) is 9.01. The molecule has 1 saturated heterocycles. The maximum Gasteiger partial charge on any atom is 0.000683 e. The van der Waals surface area contributed by atoms with E-state index in [9.17, 15) is 0 Å². The molecule has 2 N–H and O–H groups in total. The molecule has 0 amide bonds. The zero-order valence-electron chi connectivity index (χ0n) is 7.71. The van der Waals surface area contributed by atoms with Crippen LogP contribution in [0.4, 0.5) is 0 Å². The van der Waals surface area contributed by atoms with Crippen molar-refractivity contribution in [1.29, 1.82) is 0 Å². The molecule has 11 heavy (non-hydrogen) atoms. The van der Waals surface area contributed by atoms with Crippen molar-refractivity contribution in [3.63, 3.8) is 0 Å². The minimum Gasteiger partial charge on any atom is -0.333 e. The first-order valence-corrected chi connectivity index (χ1v) is 4.61. The van der Waals surface area contributed by atoms with Crippen LogP contribution in [-0.4, -0.2) is 32.1 Å². The molecule has 0 radical (unpaired) electrons. The van der Waals surface area contributed by atoms with E-state index in [2.05, 4.69) is 17.7 Å². The lowest BCUT2D eigenvalue weighted by molar-refractivity contribution is 0.203. The highest BCUT2D eigenvalue weighted by molar-refractivity contribution is 4.83. The number of nitrogens with two attached hydrogens (primary N) is 1. The lowest BCUT2D eigenvalue weighted by Gasteiger charge is -2.27. The molecule has 2 heteroatoms. The predicted octanol–water partition coefficient (Wildman–Crippen LogP) is 0.923. The van der Waals surface area contributed by atoms with Gasteiger partial charge in [-0.2, -0.15) is 0 Å². The van der Waals surface area contributed by atoms with E-state index in [1.807, 2.05) is 0 Å². The Morgan fingerprint density at radius 1 is 1.09 bits per heavy atom. The zero-order chi connectivity index (χ0) is 8.27. The van der Waals surface area contributed by atoms with Crippen LogP contribution in [-0.2, 0) is 0 Å². The minimum absolute atomic E-state index is 1.06. The molecule has 0 aromatic rings. The Balaban J connectivity index is 0.000000281. The summed E-state index contributed by atoms with van der Waals surface area (Å²) in [5.74, 6) is 2.13. The fourth-order valence-electron chi connectivity index (χ4n) is 2.47. The van der Waals surface area contributed by atoms with Gasteiger partial charge < -0.3 is 10.6 Å². The molecular formula is C9H20N2. The van der Waals surface area contributed by atoms with Crippen LogP contribution in [0.25, 0.3) is 0 Å². The topological polar surface area (TPSA) is 29.3 Å². The molecule has 0 spiro atoms. The third-order valence-electron chi connectivity index (χ3n) is 2.79. The second kappa shape index (κ2) is 4.07. The fourth-order valence-corrected chi connectivity index (χ4v) is 2.47. The van der Waals surface area contributed by atoms with Gasteiger partial charge >= 0.3 is 0 Å². The van der Waals surface area contributed by atoms with Crippen molar-refractivity contribution >= 4 is 0 Å². The quantitative estimate of drug-likeness (QED) is 0.565. The largest absolute Gasteiger partial charge is 0.333 e. The van der Waals surface area contributed by atoms with Gasteiger partial charge in [-0.05, 0) is 45.2 Å². The van der Waals surface area contributed by atoms with Gasteiger partial charge in [0.1, 0.15) is 0 Å². The van der Waals surface area contributed by atoms with Gasteiger partial charge in [-0.1, -0.05) is 0 Å². The van der Waals surface area contributed by atoms with Gasteiger partial charge in [0.05, 0.1) is 0 Å². The van der Waals surface area contributed by atoms with E-state index in [-0.39, 0.29) is 0 Å². The molecule has 1 heterocycles. The summed E-state index contributed by atoms with van der Waals surface area (Å²) in [5.41, 5.74) is 4.50. The van der Waals surface area contributed by atoms with Crippen molar-refractivity contribution in [3.8, 4) is 0 Å². The molecule has 2 nitrogen and oxygen atoms in total. The summed E-state index contributed by atoms with van der Waals surface area (Å²) in [7, 11) is 3.75. The Hall–Kier alpha value is -0.0800. The summed E-state index contributed by atoms with van der Waals surface area (Å²) in [6.45, 7) is 2.74. The number of fused-ring (bicyclic) bond motifs is 2. The Morgan fingerprint density at radius 2 is 1.55 bits per heavy atom. The van der Waals surface area contributed by atoms with Crippen LogP contribution >= 0.6 is 0 Å². The average molecular weight is 156 g/mol. The SMILES string of the molecule is CN.CN1CC2CCC(C2)C1. The minimum atomic E-state index is 1.06. The number of hydrogen-bond donors (Lipinski definition) is 1. The molecular weight excluding hydrogens is 136 g/mol. The van der Waals surface area contributed by atoms with Gasteiger partial charge in [-0.15, -0.1) is 0 Å². The standard InChI is InChI=1S/C8H15N.CH5N/c1-9-5-7-2-3-8(4-7)6-9;1-2/h7-8H,2-6H2,1H3;2H2,1H3. The first-order valence-electron chi connectivity index (χ1n) is 4.61. The van der Waals surface area contributed by atoms with Crippen molar-refractivity contribution in [2.45, 2.75) is 19.3 Å². The van der Waals surface area contributed by atoms with Gasteiger partial charge in [-0.3, -0.25) is 0 Å². The third-order valence-corrected chi connectivity index (χ3v) is 2.79. The molecule has 2 aliphatic rings. The molecule has 2 fully saturated rings. The summed E-state index contributed by atoms with van der Waals surface area (Å²) >= 11 is 0. The van der Waals surface area contributed by atoms with Gasteiger partial charge in [-0.25, -0.2) is 0 Å². The Kier molecular flexibility index (Phi) is 3.34. The maximum absolute atomic E-state index is 4.50. The molecule has 0 aromatic carbocycles. The lowest BCUT2D eigenvalue weighted by atomic mass is 10.00. The molecule has 1 aliphatic heterocycles. The van der Waals surface area contributed by atoms with Crippen molar-refractivity contribution in [1.82, 2.24) is 4.90 Å². The van der Waals surface area contributed by atoms with Crippen LogP contribution in [0.15, 0.2) is 0 Å². The molecule has 2 unspecified atom stereocenters. The zero-order valence-corrected chi connectivity index (χ0v) is 7.71. The summed E-state index contributed by atoms with van der Waals surface area (Å²) in [6, 6.07) is 0. The Bertz CT molecular complexity index is 102. The number of rotatable bonds is 0. The predicted molar refractivity (Wildman–Crippen MR) is 48.4 cm³/mol. The Labute approximate surface area is 69.8 Å². The van der Waals surface area contributed by atoms with Crippen LogP contribution in [0, 0.1) is 11.8 Å². The van der Waals surface area contributed by atoms with Gasteiger partial charge in [0, 0.05) is 13.1 Å². The van der Waals surface area contributed by atoms with Crippen LogP contribution < -0.4 is 5.73 Å². The second-order valence-electron chi connectivity index (χ2n) is 3.77. The smallest absolute Gasteiger partial charge is 0.000683 e. The van der Waals surface area contributed by atoms with Crippen LogP contribution in [0.1, 0.15) is 19.3 Å². The van der Waals surface area contributed by atoms with Crippen LogP contribution in [0.5, 0.6) is 0 Å². The highest BCUT2D eigenvalue weighted by Gasteiger charge is 2.30. The van der Waals surface area contributed by atoms with Crippen molar-refractivity contribution in [2.24, 2.45) is 17.6 Å². The lowest BCUT2D eigenvalue weighted by Crippen LogP contribution is -2.32. The monoisotopic (exact) mass is 156 g/mol. The van der Waals surface area contributed by atoms with Crippen molar-refractivity contribution < 1.29 is 0 Å². The highest BCUT2D eigenvalue weighted by Crippen LogP contribution is 2.35. The van der Waals surface area contributed by atoms with E-state index in [4.69, 9.17) is 0 Å². The Morgan fingerprint density at radius 3 is 2.00 bits per heavy atom. The van der Waals surface area contributed by atoms with E-state index in [1.54, 1.807) is 0 Å². The molecule has 0 aromatic heterocycles. The van der Waals surface area contributed by atoms with Gasteiger partial charge in [0.15, 0.2) is 0 Å². The van der Waals surface area contributed by atoms with E-state index in [0.717, 1.165) is 11.8 Å². The van der Waals surface area contributed by atoms with Crippen molar-refractivity contribution in [2.75, 3.05) is 27.2 Å². The number of nitrogens with zero attached hydrogens (tertiary/aromatic N) is 1. The van der Waals surface area contributed by atoms with Gasteiger partial charge in [0.2, 0.25) is 0 Å². The highest BCUT2D eigenvalue weighted by atomic mass is 15.1. The molecule has 2 rings (SSSR count). The molecule has 2 bridgehead atoms. The molecule has 2 atom stereocenters. The molecule has 1 saturated carbocycles. The number of likely N-dealkylation sites (tertiary alicyclic amines) is 1. The number of piperidine rings is 1. The maximum atomic E-state index is 4.50. The van der Waals surface area contributed by atoms with Crippen LogP contribution in [0.2, 0.25) is 0 Å². The summed E-state index contributed by atoms with van der Waals surface area (Å²) in [5, 5.41) is 0. The number of hydrogen-bond acceptors (Lipinski definition) is 2. The third kappa shape index (κ3) is 2.17. The second-order valence-corrected chi connectivity index (χ2v) is 3.77. The van der Waals surface area contributed by atoms with Crippen molar-refractivity contribution in [3.05, 3.63) is 0 Å². The fraction of sp³-hybridized carbons (Fsp3) is 1.00.